The van der Waals surface area contributed by atoms with Gasteiger partial charge in [-0.1, -0.05) is 12.1 Å². The molecule has 2 aromatic rings. The minimum absolute atomic E-state index is 0.101. The van der Waals surface area contributed by atoms with E-state index >= 15 is 0 Å². The first kappa shape index (κ1) is 17.7. The number of hydrogen-bond donors (Lipinski definition) is 0. The lowest BCUT2D eigenvalue weighted by molar-refractivity contribution is -0.137. The van der Waals surface area contributed by atoms with Crippen molar-refractivity contribution in [2.45, 2.75) is 11.1 Å². The van der Waals surface area contributed by atoms with E-state index in [1.165, 1.54) is 24.3 Å². The van der Waals surface area contributed by atoms with Crippen LogP contribution < -0.4 is 0 Å². The van der Waals surface area contributed by atoms with Gasteiger partial charge in [-0.25, -0.2) is 8.42 Å². The van der Waals surface area contributed by atoms with Gasteiger partial charge in [0.25, 0.3) is 0 Å². The highest BCUT2D eigenvalue weighted by Gasteiger charge is 2.31. The molecule has 0 radical (unpaired) electrons. The molecule has 4 nitrogen and oxygen atoms in total. The molecule has 0 heterocycles. The number of sulfone groups is 1. The van der Waals surface area contributed by atoms with Crippen molar-refractivity contribution in [3.63, 3.8) is 0 Å². The number of halogens is 3. The number of Topliss-reactive ketones (excluding diaryl/α,β-unsaturated/α-hetero) is 1. The molecule has 0 saturated heterocycles. The van der Waals surface area contributed by atoms with Crippen molar-refractivity contribution in [2.75, 3.05) is 5.75 Å². The fraction of sp³-hybridized carbons (Fsp3) is 0.125. The Morgan fingerprint density at radius 1 is 1.00 bits per heavy atom. The Morgan fingerprint density at radius 3 is 2.00 bits per heavy atom. The maximum Gasteiger partial charge on any atom is 0.416 e. The third kappa shape index (κ3) is 4.00. The second-order valence-electron chi connectivity index (χ2n) is 4.89. The van der Waals surface area contributed by atoms with Crippen molar-refractivity contribution in [1.29, 1.82) is 5.26 Å². The SMILES string of the molecule is N#Cc1ccc(C(=O)CS(=O)(=O)c2ccc(C(F)(F)F)cc2)cc1. The predicted octanol–water partition coefficient (Wildman–Crippen LogP) is 3.23. The van der Waals surface area contributed by atoms with Gasteiger partial charge in [0.15, 0.2) is 15.6 Å². The summed E-state index contributed by atoms with van der Waals surface area (Å²) >= 11 is 0. The Labute approximate surface area is 136 Å². The zero-order valence-electron chi connectivity index (χ0n) is 12.0. The van der Waals surface area contributed by atoms with E-state index in [1.807, 2.05) is 6.07 Å². The zero-order valence-corrected chi connectivity index (χ0v) is 12.9. The van der Waals surface area contributed by atoms with Crippen LogP contribution in [0.15, 0.2) is 53.4 Å². The highest BCUT2D eigenvalue weighted by Crippen LogP contribution is 2.29. The Kier molecular flexibility index (Phi) is 4.76. The third-order valence-corrected chi connectivity index (χ3v) is 4.83. The van der Waals surface area contributed by atoms with Crippen LogP contribution in [0.2, 0.25) is 0 Å². The summed E-state index contributed by atoms with van der Waals surface area (Å²) in [6.07, 6.45) is -4.57. The van der Waals surface area contributed by atoms with Gasteiger partial charge in [-0.05, 0) is 36.4 Å². The van der Waals surface area contributed by atoms with Gasteiger partial charge < -0.3 is 0 Å². The summed E-state index contributed by atoms with van der Waals surface area (Å²) in [6.45, 7) is 0. The lowest BCUT2D eigenvalue weighted by atomic mass is 10.1. The van der Waals surface area contributed by atoms with Crippen LogP contribution in [-0.4, -0.2) is 20.0 Å². The molecule has 0 spiro atoms. The maximum absolute atomic E-state index is 12.5. The monoisotopic (exact) mass is 353 g/mol. The number of ketones is 1. The third-order valence-electron chi connectivity index (χ3n) is 3.20. The van der Waals surface area contributed by atoms with Crippen molar-refractivity contribution < 1.29 is 26.4 Å². The van der Waals surface area contributed by atoms with E-state index < -0.39 is 33.1 Å². The molecule has 2 aromatic carbocycles. The number of alkyl halides is 3. The largest absolute Gasteiger partial charge is 0.416 e. The lowest BCUT2D eigenvalue weighted by Gasteiger charge is -2.08. The van der Waals surface area contributed by atoms with Gasteiger partial charge in [-0.15, -0.1) is 0 Å². The second-order valence-corrected chi connectivity index (χ2v) is 6.88. The van der Waals surface area contributed by atoms with Crippen LogP contribution in [-0.2, 0) is 16.0 Å². The van der Waals surface area contributed by atoms with Crippen molar-refractivity contribution in [2.24, 2.45) is 0 Å². The van der Waals surface area contributed by atoms with E-state index in [1.54, 1.807) is 0 Å². The average Bonchev–Trinajstić information content (AvgIpc) is 2.54. The highest BCUT2D eigenvalue weighted by molar-refractivity contribution is 7.92. The molecule has 24 heavy (non-hydrogen) atoms. The van der Waals surface area contributed by atoms with Crippen molar-refractivity contribution >= 4 is 15.6 Å². The Balaban J connectivity index is 2.21. The molecule has 0 amide bonds. The first-order valence-electron chi connectivity index (χ1n) is 6.57. The molecule has 0 saturated carbocycles. The molecule has 0 aromatic heterocycles. The van der Waals surface area contributed by atoms with E-state index in [4.69, 9.17) is 5.26 Å². The lowest BCUT2D eigenvalue weighted by Crippen LogP contribution is -2.16. The molecule has 0 unspecified atom stereocenters. The number of benzene rings is 2. The molecular formula is C16H10F3NO3S. The summed E-state index contributed by atoms with van der Waals surface area (Å²) in [6, 6.07) is 10.2. The molecule has 0 aliphatic rings. The van der Waals surface area contributed by atoms with Gasteiger partial charge in [0.1, 0.15) is 5.75 Å². The van der Waals surface area contributed by atoms with Crippen LogP contribution in [0.3, 0.4) is 0 Å². The quantitative estimate of drug-likeness (QED) is 0.791. The Morgan fingerprint density at radius 2 is 1.54 bits per heavy atom. The van der Waals surface area contributed by atoms with Crippen LogP contribution in [0.25, 0.3) is 0 Å². The Hall–Kier alpha value is -2.66. The number of nitrogens with zero attached hydrogens (tertiary/aromatic N) is 1. The molecule has 124 valence electrons. The van der Waals surface area contributed by atoms with Gasteiger partial charge >= 0.3 is 6.18 Å². The topological polar surface area (TPSA) is 75.0 Å². The zero-order chi connectivity index (χ0) is 18.0. The number of rotatable bonds is 4. The first-order valence-corrected chi connectivity index (χ1v) is 8.22. The molecule has 8 heteroatoms. The van der Waals surface area contributed by atoms with Crippen LogP contribution >= 0.6 is 0 Å². The molecule has 0 aliphatic heterocycles. The van der Waals surface area contributed by atoms with E-state index in [9.17, 15) is 26.4 Å². The van der Waals surface area contributed by atoms with Gasteiger partial charge in [0, 0.05) is 5.56 Å². The molecule has 0 bridgehead atoms. The van der Waals surface area contributed by atoms with Crippen molar-refractivity contribution in [1.82, 2.24) is 0 Å². The summed E-state index contributed by atoms with van der Waals surface area (Å²) in [5, 5.41) is 8.67. The van der Waals surface area contributed by atoms with E-state index in [2.05, 4.69) is 0 Å². The van der Waals surface area contributed by atoms with Gasteiger partial charge in [-0.2, -0.15) is 18.4 Å². The summed E-state index contributed by atoms with van der Waals surface area (Å²) in [5.41, 5.74) is -0.554. The van der Waals surface area contributed by atoms with Gasteiger partial charge in [0.2, 0.25) is 0 Å². The maximum atomic E-state index is 12.5. The number of hydrogen-bond acceptors (Lipinski definition) is 4. The fourth-order valence-electron chi connectivity index (χ4n) is 1.92. The van der Waals surface area contributed by atoms with Crippen LogP contribution in [0.5, 0.6) is 0 Å². The average molecular weight is 353 g/mol. The van der Waals surface area contributed by atoms with Gasteiger partial charge in [-0.3, -0.25) is 4.79 Å². The number of nitriles is 1. The summed E-state index contributed by atoms with van der Waals surface area (Å²) in [4.78, 5) is 11.7. The minimum Gasteiger partial charge on any atom is -0.293 e. The fourth-order valence-corrected chi connectivity index (χ4v) is 3.15. The predicted molar refractivity (Wildman–Crippen MR) is 79.0 cm³/mol. The van der Waals surface area contributed by atoms with Crippen molar-refractivity contribution in [3.05, 3.63) is 65.2 Å². The molecule has 0 aliphatic carbocycles. The Bertz CT molecular complexity index is 894. The first-order chi connectivity index (χ1) is 11.1. The van der Waals surface area contributed by atoms with E-state index in [-0.39, 0.29) is 10.5 Å². The minimum atomic E-state index is -4.57. The normalized spacial score (nSPS) is 11.8. The number of carbonyl (C=O) groups is 1. The summed E-state index contributed by atoms with van der Waals surface area (Å²) < 4.78 is 61.7. The highest BCUT2D eigenvalue weighted by atomic mass is 32.2. The smallest absolute Gasteiger partial charge is 0.293 e. The molecule has 0 atom stereocenters. The standard InChI is InChI=1S/C16H10F3NO3S/c17-16(18,19)13-5-7-14(8-6-13)24(22,23)10-15(21)12-3-1-11(9-20)2-4-12/h1-8H,10H2. The summed E-state index contributed by atoms with van der Waals surface area (Å²) in [7, 11) is -4.07. The van der Waals surface area contributed by atoms with E-state index in [0.717, 1.165) is 12.1 Å². The summed E-state index contributed by atoms with van der Waals surface area (Å²) in [5.74, 6) is -1.58. The van der Waals surface area contributed by atoms with Gasteiger partial charge in [0.05, 0.1) is 22.1 Å². The second kappa shape index (κ2) is 6.45. The van der Waals surface area contributed by atoms with Crippen molar-refractivity contribution in [3.8, 4) is 6.07 Å². The molecular weight excluding hydrogens is 343 g/mol. The number of carbonyl (C=O) groups excluding carboxylic acids is 1. The molecule has 0 fully saturated rings. The van der Waals surface area contributed by atoms with Crippen LogP contribution in [0.4, 0.5) is 13.2 Å². The molecule has 0 N–H and O–H groups in total. The van der Waals surface area contributed by atoms with Crippen LogP contribution in [0, 0.1) is 11.3 Å². The van der Waals surface area contributed by atoms with E-state index in [0.29, 0.717) is 17.7 Å². The van der Waals surface area contributed by atoms with Crippen LogP contribution in [0.1, 0.15) is 21.5 Å². The molecule has 2 rings (SSSR count).